The molecule has 0 bridgehead atoms. The highest BCUT2D eigenvalue weighted by Gasteiger charge is 2.10. The summed E-state index contributed by atoms with van der Waals surface area (Å²) in [6.45, 7) is 8.46. The first-order chi connectivity index (χ1) is 7.42. The summed E-state index contributed by atoms with van der Waals surface area (Å²) in [6.07, 6.45) is 3.71. The summed E-state index contributed by atoms with van der Waals surface area (Å²) in [4.78, 5) is 0. The molecule has 84 valence electrons. The summed E-state index contributed by atoms with van der Waals surface area (Å²) in [5.74, 6) is 0. The fourth-order valence-electron chi connectivity index (χ4n) is 2.11. The molecule has 1 N–H and O–H groups in total. The number of fused-ring (bicyclic) bond motifs is 1. The Bertz CT molecular complexity index is 291. The van der Waals surface area contributed by atoms with E-state index in [0.29, 0.717) is 0 Å². The summed E-state index contributed by atoms with van der Waals surface area (Å²) in [7, 11) is 0. The van der Waals surface area contributed by atoms with Crippen molar-refractivity contribution in [3.8, 4) is 0 Å². The maximum atomic E-state index is 3.41. The third-order valence-corrected chi connectivity index (χ3v) is 2.76. The molecule has 0 fully saturated rings. The maximum Gasteiger partial charge on any atom is 0.0208 e. The molecule has 1 heterocycles. The zero-order valence-electron chi connectivity index (χ0n) is 10.3. The molecule has 0 spiro atoms. The molecule has 1 aromatic carbocycles. The van der Waals surface area contributed by atoms with Crippen molar-refractivity contribution in [2.45, 2.75) is 46.6 Å². The smallest absolute Gasteiger partial charge is 0.0208 e. The minimum absolute atomic E-state index is 1.06. The van der Waals surface area contributed by atoms with Gasteiger partial charge in [0.1, 0.15) is 0 Å². The molecule has 0 aromatic heterocycles. The van der Waals surface area contributed by atoms with Crippen molar-refractivity contribution in [3.63, 3.8) is 0 Å². The van der Waals surface area contributed by atoms with Crippen LogP contribution in [0.15, 0.2) is 18.2 Å². The van der Waals surface area contributed by atoms with E-state index in [-0.39, 0.29) is 0 Å². The van der Waals surface area contributed by atoms with Crippen LogP contribution in [-0.2, 0) is 19.4 Å². The topological polar surface area (TPSA) is 12.0 Å². The third-order valence-electron chi connectivity index (χ3n) is 2.76. The Balaban J connectivity index is 0.000000531. The van der Waals surface area contributed by atoms with Gasteiger partial charge in [0, 0.05) is 6.54 Å². The quantitative estimate of drug-likeness (QED) is 0.781. The lowest BCUT2D eigenvalue weighted by atomic mass is 9.93. The predicted octanol–water partition coefficient (Wildman–Crippen LogP) is 3.31. The summed E-state index contributed by atoms with van der Waals surface area (Å²) < 4.78 is 0. The van der Waals surface area contributed by atoms with Gasteiger partial charge in [-0.2, -0.15) is 0 Å². The van der Waals surface area contributed by atoms with Gasteiger partial charge in [-0.1, -0.05) is 45.4 Å². The first-order valence-corrected chi connectivity index (χ1v) is 6.22. The SMILES string of the molecule is CC.CCCc1cccc2c1CCNC2. The van der Waals surface area contributed by atoms with Crippen LogP contribution >= 0.6 is 0 Å². The van der Waals surface area contributed by atoms with E-state index in [4.69, 9.17) is 0 Å². The van der Waals surface area contributed by atoms with Crippen LogP contribution in [0.3, 0.4) is 0 Å². The van der Waals surface area contributed by atoms with Gasteiger partial charge in [-0.15, -0.1) is 0 Å². The lowest BCUT2D eigenvalue weighted by Gasteiger charge is -2.20. The van der Waals surface area contributed by atoms with Gasteiger partial charge in [0.15, 0.2) is 0 Å². The van der Waals surface area contributed by atoms with E-state index in [1.807, 2.05) is 13.8 Å². The van der Waals surface area contributed by atoms with Crippen LogP contribution in [0.4, 0.5) is 0 Å². The summed E-state index contributed by atoms with van der Waals surface area (Å²) >= 11 is 0. The van der Waals surface area contributed by atoms with Crippen molar-refractivity contribution in [2.24, 2.45) is 0 Å². The molecule has 1 aliphatic heterocycles. The average Bonchev–Trinajstić information content (AvgIpc) is 2.33. The molecule has 1 aromatic rings. The molecule has 15 heavy (non-hydrogen) atoms. The van der Waals surface area contributed by atoms with Crippen molar-refractivity contribution < 1.29 is 0 Å². The van der Waals surface area contributed by atoms with Gasteiger partial charge < -0.3 is 5.32 Å². The number of rotatable bonds is 2. The molecule has 0 amide bonds. The summed E-state index contributed by atoms with van der Waals surface area (Å²) in [6, 6.07) is 6.73. The van der Waals surface area contributed by atoms with Gasteiger partial charge >= 0.3 is 0 Å². The largest absolute Gasteiger partial charge is 0.312 e. The highest BCUT2D eigenvalue weighted by Crippen LogP contribution is 2.19. The molecule has 0 unspecified atom stereocenters. The van der Waals surface area contributed by atoms with Crippen LogP contribution in [0.5, 0.6) is 0 Å². The molecule has 1 heteroatoms. The zero-order chi connectivity index (χ0) is 11.1. The zero-order valence-corrected chi connectivity index (χ0v) is 10.3. The Morgan fingerprint density at radius 2 is 2.07 bits per heavy atom. The summed E-state index contributed by atoms with van der Waals surface area (Å²) in [5.41, 5.74) is 4.70. The van der Waals surface area contributed by atoms with Crippen LogP contribution in [0.2, 0.25) is 0 Å². The molecule has 0 radical (unpaired) electrons. The van der Waals surface area contributed by atoms with Crippen molar-refractivity contribution in [3.05, 3.63) is 34.9 Å². The molecular weight excluding hydrogens is 182 g/mol. The normalized spacial score (nSPS) is 13.8. The van der Waals surface area contributed by atoms with Gasteiger partial charge in [0.2, 0.25) is 0 Å². The van der Waals surface area contributed by atoms with E-state index >= 15 is 0 Å². The standard InChI is InChI=1S/C12H17N.C2H6/c1-2-4-10-5-3-6-11-9-13-8-7-12(10)11;1-2/h3,5-6,13H,2,4,7-9H2,1H3;1-2H3. The van der Waals surface area contributed by atoms with Gasteiger partial charge in [-0.3, -0.25) is 0 Å². The first kappa shape index (κ1) is 12.3. The van der Waals surface area contributed by atoms with Crippen molar-refractivity contribution in [1.29, 1.82) is 0 Å². The fraction of sp³-hybridized carbons (Fsp3) is 0.571. The number of benzene rings is 1. The van der Waals surface area contributed by atoms with Crippen LogP contribution in [-0.4, -0.2) is 6.54 Å². The lowest BCUT2D eigenvalue weighted by molar-refractivity contribution is 0.637. The Labute approximate surface area is 93.9 Å². The molecule has 2 rings (SSSR count). The maximum absolute atomic E-state index is 3.41. The van der Waals surface area contributed by atoms with E-state index in [2.05, 4.69) is 30.4 Å². The molecule has 0 atom stereocenters. The monoisotopic (exact) mass is 205 g/mol. The molecule has 1 nitrogen and oxygen atoms in total. The van der Waals surface area contributed by atoms with E-state index in [1.165, 1.54) is 24.8 Å². The fourth-order valence-corrected chi connectivity index (χ4v) is 2.11. The predicted molar refractivity (Wildman–Crippen MR) is 67.2 cm³/mol. The average molecular weight is 205 g/mol. The Morgan fingerprint density at radius 1 is 1.27 bits per heavy atom. The van der Waals surface area contributed by atoms with Gasteiger partial charge in [0.05, 0.1) is 0 Å². The third kappa shape index (κ3) is 3.07. The van der Waals surface area contributed by atoms with E-state index in [1.54, 1.807) is 11.1 Å². The van der Waals surface area contributed by atoms with Crippen molar-refractivity contribution >= 4 is 0 Å². The molecule has 1 aliphatic rings. The van der Waals surface area contributed by atoms with E-state index in [0.717, 1.165) is 13.1 Å². The number of nitrogens with one attached hydrogen (secondary N) is 1. The second kappa shape index (κ2) is 6.62. The lowest BCUT2D eigenvalue weighted by Crippen LogP contribution is -2.24. The van der Waals surface area contributed by atoms with Gasteiger partial charge in [0.25, 0.3) is 0 Å². The molecule has 0 saturated carbocycles. The summed E-state index contributed by atoms with van der Waals surface area (Å²) in [5, 5.41) is 3.41. The van der Waals surface area contributed by atoms with E-state index < -0.39 is 0 Å². The van der Waals surface area contributed by atoms with Gasteiger partial charge in [-0.25, -0.2) is 0 Å². The van der Waals surface area contributed by atoms with Gasteiger partial charge in [-0.05, 0) is 36.1 Å². The second-order valence-corrected chi connectivity index (χ2v) is 3.73. The van der Waals surface area contributed by atoms with Crippen LogP contribution < -0.4 is 5.32 Å². The molecular formula is C14H23N. The van der Waals surface area contributed by atoms with Crippen LogP contribution in [0.25, 0.3) is 0 Å². The van der Waals surface area contributed by atoms with Crippen LogP contribution in [0, 0.1) is 0 Å². The van der Waals surface area contributed by atoms with E-state index in [9.17, 15) is 0 Å². The minimum atomic E-state index is 1.06. The van der Waals surface area contributed by atoms with Crippen molar-refractivity contribution in [1.82, 2.24) is 5.32 Å². The Morgan fingerprint density at radius 3 is 2.80 bits per heavy atom. The number of hydrogen-bond donors (Lipinski definition) is 1. The number of aryl methyl sites for hydroxylation is 1. The first-order valence-electron chi connectivity index (χ1n) is 6.22. The molecule has 0 aliphatic carbocycles. The van der Waals surface area contributed by atoms with Crippen LogP contribution in [0.1, 0.15) is 43.9 Å². The Hall–Kier alpha value is -0.820. The number of hydrogen-bond acceptors (Lipinski definition) is 1. The minimum Gasteiger partial charge on any atom is -0.312 e. The Kier molecular flexibility index (Phi) is 5.41. The highest BCUT2D eigenvalue weighted by molar-refractivity contribution is 5.37. The molecule has 0 saturated heterocycles. The second-order valence-electron chi connectivity index (χ2n) is 3.73. The van der Waals surface area contributed by atoms with Crippen molar-refractivity contribution in [2.75, 3.05) is 6.54 Å². The highest BCUT2D eigenvalue weighted by atomic mass is 14.9.